The zero-order valence-electron chi connectivity index (χ0n) is 10.4. The lowest BCUT2D eigenvalue weighted by Gasteiger charge is -2.17. The topological polar surface area (TPSA) is 84.9 Å². The second-order valence-electron chi connectivity index (χ2n) is 4.84. The number of aliphatic hydroxyl groups is 1. The lowest BCUT2D eigenvalue weighted by molar-refractivity contribution is 0.0181. The Morgan fingerprint density at radius 1 is 1.15 bits per heavy atom. The molecule has 2 saturated heterocycles. The summed E-state index contributed by atoms with van der Waals surface area (Å²) in [6, 6.07) is 5.39. The van der Waals surface area contributed by atoms with Crippen LogP contribution < -0.4 is 4.72 Å². The molecule has 20 heavy (non-hydrogen) atoms. The van der Waals surface area contributed by atoms with E-state index in [0.717, 1.165) is 0 Å². The molecular formula is C12H14ClNO5S. The van der Waals surface area contributed by atoms with Gasteiger partial charge in [0.2, 0.25) is 10.0 Å². The molecule has 0 bridgehead atoms. The molecule has 0 aromatic heterocycles. The van der Waals surface area contributed by atoms with Gasteiger partial charge in [-0.15, -0.1) is 0 Å². The molecule has 0 aliphatic carbocycles. The first-order valence-corrected chi connectivity index (χ1v) is 8.03. The van der Waals surface area contributed by atoms with Gasteiger partial charge in [0.15, 0.2) is 0 Å². The quantitative estimate of drug-likeness (QED) is 0.828. The molecule has 2 heterocycles. The van der Waals surface area contributed by atoms with Crippen molar-refractivity contribution in [1.82, 2.24) is 4.72 Å². The maximum absolute atomic E-state index is 12.2. The molecule has 0 saturated carbocycles. The molecule has 0 spiro atoms. The Morgan fingerprint density at radius 2 is 1.80 bits per heavy atom. The highest BCUT2D eigenvalue weighted by molar-refractivity contribution is 7.89. The number of ether oxygens (including phenoxy) is 2. The van der Waals surface area contributed by atoms with E-state index in [-0.39, 0.29) is 18.1 Å². The fraction of sp³-hybridized carbons (Fsp3) is 0.500. The summed E-state index contributed by atoms with van der Waals surface area (Å²) in [7, 11) is -3.67. The molecule has 8 heteroatoms. The summed E-state index contributed by atoms with van der Waals surface area (Å²) >= 11 is 5.74. The molecule has 6 nitrogen and oxygen atoms in total. The number of fused-ring (bicyclic) bond motifs is 1. The monoisotopic (exact) mass is 319 g/mol. The maximum atomic E-state index is 12.2. The van der Waals surface area contributed by atoms with Gasteiger partial charge in [-0.3, -0.25) is 0 Å². The van der Waals surface area contributed by atoms with Crippen LogP contribution in [0.25, 0.3) is 0 Å². The van der Waals surface area contributed by atoms with Crippen molar-refractivity contribution in [3.63, 3.8) is 0 Å². The summed E-state index contributed by atoms with van der Waals surface area (Å²) in [5, 5.41) is 10.1. The minimum absolute atomic E-state index is 0.129. The van der Waals surface area contributed by atoms with Crippen molar-refractivity contribution in [3.8, 4) is 0 Å². The third-order valence-corrected chi connectivity index (χ3v) is 5.22. The number of benzene rings is 1. The number of aliphatic hydroxyl groups excluding tert-OH is 1. The molecule has 2 aliphatic rings. The largest absolute Gasteiger partial charge is 0.388 e. The highest BCUT2D eigenvalue weighted by Gasteiger charge is 2.48. The average Bonchev–Trinajstić information content (AvgIpc) is 2.95. The fourth-order valence-corrected chi connectivity index (χ4v) is 3.82. The van der Waals surface area contributed by atoms with Crippen molar-refractivity contribution < 1.29 is 23.0 Å². The van der Waals surface area contributed by atoms with Crippen LogP contribution in [0.4, 0.5) is 0 Å². The van der Waals surface area contributed by atoms with Crippen LogP contribution in [0.15, 0.2) is 29.2 Å². The predicted molar refractivity (Wildman–Crippen MR) is 71.0 cm³/mol. The molecule has 1 aromatic carbocycles. The van der Waals surface area contributed by atoms with Crippen molar-refractivity contribution >= 4 is 21.6 Å². The van der Waals surface area contributed by atoms with Gasteiger partial charge in [0.05, 0.1) is 24.2 Å². The van der Waals surface area contributed by atoms with Crippen molar-refractivity contribution in [2.45, 2.75) is 29.2 Å². The van der Waals surface area contributed by atoms with Gasteiger partial charge in [-0.2, -0.15) is 0 Å². The summed E-state index contributed by atoms with van der Waals surface area (Å²) in [6.45, 7) is 0.341. The van der Waals surface area contributed by atoms with E-state index in [2.05, 4.69) is 4.72 Å². The third kappa shape index (κ3) is 2.57. The van der Waals surface area contributed by atoms with Gasteiger partial charge in [-0.25, -0.2) is 13.1 Å². The average molecular weight is 320 g/mol. The van der Waals surface area contributed by atoms with Crippen molar-refractivity contribution in [2.75, 3.05) is 13.2 Å². The highest BCUT2D eigenvalue weighted by Crippen LogP contribution is 2.28. The van der Waals surface area contributed by atoms with Crippen LogP contribution in [0.1, 0.15) is 0 Å². The van der Waals surface area contributed by atoms with E-state index in [4.69, 9.17) is 21.1 Å². The van der Waals surface area contributed by atoms with Gasteiger partial charge in [-0.05, 0) is 24.3 Å². The molecule has 4 atom stereocenters. The van der Waals surface area contributed by atoms with Crippen molar-refractivity contribution in [2.24, 2.45) is 0 Å². The summed E-state index contributed by atoms with van der Waals surface area (Å²) in [5.74, 6) is 0. The van der Waals surface area contributed by atoms with Crippen LogP contribution in [0.3, 0.4) is 0 Å². The Morgan fingerprint density at radius 3 is 2.50 bits per heavy atom. The third-order valence-electron chi connectivity index (χ3n) is 3.46. The standard InChI is InChI=1S/C12H14ClNO5S/c13-7-1-3-8(4-2-7)20(16,17)14-9-5-18-12-10(15)6-19-11(9)12/h1-4,9-12,14-15H,5-6H2/t9-,10-,11-,12+/m1/s1. The second kappa shape index (κ2) is 5.25. The second-order valence-corrected chi connectivity index (χ2v) is 7.00. The van der Waals surface area contributed by atoms with Crippen LogP contribution in [-0.4, -0.2) is 51.1 Å². The molecule has 3 rings (SSSR count). The van der Waals surface area contributed by atoms with E-state index < -0.39 is 34.4 Å². The van der Waals surface area contributed by atoms with Gasteiger partial charge >= 0.3 is 0 Å². The highest BCUT2D eigenvalue weighted by atomic mass is 35.5. The summed E-state index contributed by atoms with van der Waals surface area (Å²) in [6.07, 6.45) is -1.62. The Balaban J connectivity index is 1.76. The van der Waals surface area contributed by atoms with E-state index in [1.54, 1.807) is 0 Å². The van der Waals surface area contributed by atoms with E-state index in [0.29, 0.717) is 5.02 Å². The molecule has 2 fully saturated rings. The zero-order valence-corrected chi connectivity index (χ0v) is 12.0. The Hall–Kier alpha value is -0.700. The number of halogens is 1. The lowest BCUT2D eigenvalue weighted by atomic mass is 10.1. The molecular weight excluding hydrogens is 306 g/mol. The molecule has 1 aromatic rings. The molecule has 110 valence electrons. The van der Waals surface area contributed by atoms with Crippen molar-refractivity contribution in [1.29, 1.82) is 0 Å². The van der Waals surface area contributed by atoms with Gasteiger partial charge in [0, 0.05) is 5.02 Å². The summed E-state index contributed by atoms with van der Waals surface area (Å²) in [5.41, 5.74) is 0. The van der Waals surface area contributed by atoms with Gasteiger partial charge in [0.25, 0.3) is 0 Å². The van der Waals surface area contributed by atoms with Gasteiger partial charge in [-0.1, -0.05) is 11.6 Å². The summed E-state index contributed by atoms with van der Waals surface area (Å²) < 4.78 is 37.8. The molecule has 0 unspecified atom stereocenters. The molecule has 0 amide bonds. The van der Waals surface area contributed by atoms with Crippen molar-refractivity contribution in [3.05, 3.63) is 29.3 Å². The fourth-order valence-electron chi connectivity index (χ4n) is 2.46. The van der Waals surface area contributed by atoms with Crippen LogP contribution in [0.2, 0.25) is 5.02 Å². The maximum Gasteiger partial charge on any atom is 0.240 e. The number of hydrogen-bond acceptors (Lipinski definition) is 5. The Bertz CT molecular complexity index is 590. The smallest absolute Gasteiger partial charge is 0.240 e. The first-order chi connectivity index (χ1) is 9.47. The van der Waals surface area contributed by atoms with Crippen LogP contribution in [-0.2, 0) is 19.5 Å². The minimum Gasteiger partial charge on any atom is -0.388 e. The Kier molecular flexibility index (Phi) is 3.74. The molecule has 0 radical (unpaired) electrons. The number of rotatable bonds is 3. The number of hydrogen-bond donors (Lipinski definition) is 2. The van der Waals surface area contributed by atoms with E-state index in [1.165, 1.54) is 24.3 Å². The minimum atomic E-state index is -3.67. The molecule has 2 aliphatic heterocycles. The first kappa shape index (κ1) is 14.2. The summed E-state index contributed by atoms with van der Waals surface area (Å²) in [4.78, 5) is 0.129. The van der Waals surface area contributed by atoms with Crippen LogP contribution in [0.5, 0.6) is 0 Å². The van der Waals surface area contributed by atoms with Crippen LogP contribution >= 0.6 is 11.6 Å². The van der Waals surface area contributed by atoms with Crippen LogP contribution in [0, 0.1) is 0 Å². The van der Waals surface area contributed by atoms with Gasteiger partial charge < -0.3 is 14.6 Å². The molecule has 2 N–H and O–H groups in total. The SMILES string of the molecule is O=S(=O)(N[C@@H]1CO[C@@H]2[C@@H]1OC[C@H]2O)c1ccc(Cl)cc1. The zero-order chi connectivity index (χ0) is 14.3. The Labute approximate surface area is 121 Å². The predicted octanol–water partition coefficient (Wildman–Crippen LogP) is 0.145. The van der Waals surface area contributed by atoms with E-state index >= 15 is 0 Å². The number of sulfonamides is 1. The first-order valence-electron chi connectivity index (χ1n) is 6.16. The van der Waals surface area contributed by atoms with E-state index in [1.807, 2.05) is 0 Å². The van der Waals surface area contributed by atoms with Gasteiger partial charge in [0.1, 0.15) is 18.3 Å². The number of nitrogens with one attached hydrogen (secondary N) is 1. The lowest BCUT2D eigenvalue weighted by Crippen LogP contribution is -2.44. The normalized spacial score (nSPS) is 33.3. The van der Waals surface area contributed by atoms with E-state index in [9.17, 15) is 13.5 Å².